The molecule has 0 aliphatic carbocycles. The number of alkyl halides is 2. The van der Waals surface area contributed by atoms with Crippen LogP contribution in [-0.2, 0) is 29.2 Å². The molecule has 0 rings (SSSR count). The third kappa shape index (κ3) is 12.3. The Balaban J connectivity index is -0.000000980. The minimum absolute atomic E-state index is 0. The predicted octanol–water partition coefficient (Wildman–Crippen LogP) is -3.62. The van der Waals surface area contributed by atoms with E-state index in [0.717, 1.165) is 0 Å². The summed E-state index contributed by atoms with van der Waals surface area (Å²) in [6.45, 7) is -3.64. The molecule has 0 spiro atoms. The van der Waals surface area contributed by atoms with Crippen molar-refractivity contribution in [3.05, 3.63) is 0 Å². The summed E-state index contributed by atoms with van der Waals surface area (Å²) in [5.74, 6) is -4.01. The second-order valence-electron chi connectivity index (χ2n) is 2.24. The molecule has 16 heavy (non-hydrogen) atoms. The zero-order valence-corrected chi connectivity index (χ0v) is 9.46. The molecule has 2 N–H and O–H groups in total. The summed E-state index contributed by atoms with van der Waals surface area (Å²) in [7, 11) is -10.1. The molecule has 0 radical (unpaired) electrons. The summed E-state index contributed by atoms with van der Waals surface area (Å²) in [5.41, 5.74) is 0. The van der Waals surface area contributed by atoms with Gasteiger partial charge in [-0.2, -0.15) is 16.8 Å². The first-order valence-electron chi connectivity index (χ1n) is 3.03. The summed E-state index contributed by atoms with van der Waals surface area (Å²) in [6, 6.07) is 0. The Morgan fingerprint density at radius 1 is 1.00 bits per heavy atom. The van der Waals surface area contributed by atoms with Crippen LogP contribution in [-0.4, -0.2) is 45.1 Å². The van der Waals surface area contributed by atoms with Crippen molar-refractivity contribution in [1.82, 2.24) is 0 Å². The fraction of sp³-hybridized carbons (Fsp3) is 1.00. The van der Waals surface area contributed by atoms with Gasteiger partial charge >= 0.3 is 39.7 Å². The molecule has 0 bridgehead atoms. The molecule has 13 heteroatoms. The Hall–Kier alpha value is 0.197. The minimum atomic E-state index is -5.06. The van der Waals surface area contributed by atoms with Crippen LogP contribution in [0.15, 0.2) is 0 Å². The second kappa shape index (κ2) is 6.22. The number of hydrogen-bond acceptors (Lipinski definition) is 6. The van der Waals surface area contributed by atoms with E-state index >= 15 is 0 Å². The predicted molar refractivity (Wildman–Crippen MR) is 41.1 cm³/mol. The van der Waals surface area contributed by atoms with Crippen LogP contribution < -0.4 is 18.9 Å². The molecule has 94 valence electrons. The van der Waals surface area contributed by atoms with Crippen molar-refractivity contribution in [2.45, 2.75) is 5.92 Å². The SMILES string of the molecule is O=S(=O)(O)OCC(F)(F)COS(=O)(=O)O.[H-].[Li+]. The Bertz CT molecular complexity index is 368. The van der Waals surface area contributed by atoms with E-state index in [9.17, 15) is 25.6 Å². The van der Waals surface area contributed by atoms with E-state index in [-0.39, 0.29) is 20.3 Å². The number of rotatable bonds is 6. The van der Waals surface area contributed by atoms with Crippen molar-refractivity contribution >= 4 is 20.8 Å². The van der Waals surface area contributed by atoms with Crippen LogP contribution in [0.1, 0.15) is 1.43 Å². The number of halogens is 2. The molecule has 0 saturated heterocycles. The van der Waals surface area contributed by atoms with Crippen molar-refractivity contribution in [1.29, 1.82) is 0 Å². The van der Waals surface area contributed by atoms with E-state index in [0.29, 0.717) is 0 Å². The van der Waals surface area contributed by atoms with Gasteiger partial charge in [-0.1, -0.05) is 0 Å². The minimum Gasteiger partial charge on any atom is -1.00 e. The molecule has 0 saturated carbocycles. The van der Waals surface area contributed by atoms with E-state index < -0.39 is 39.9 Å². The molecule has 0 aliphatic rings. The van der Waals surface area contributed by atoms with Crippen LogP contribution in [0.2, 0.25) is 0 Å². The summed E-state index contributed by atoms with van der Waals surface area (Å²) >= 11 is 0. The zero-order valence-electron chi connectivity index (χ0n) is 8.83. The van der Waals surface area contributed by atoms with Gasteiger partial charge in [0.2, 0.25) is 0 Å². The number of hydrogen-bond donors (Lipinski definition) is 2. The molecule has 0 unspecified atom stereocenters. The zero-order chi connectivity index (χ0) is 12.3. The first-order valence-corrected chi connectivity index (χ1v) is 5.76. The van der Waals surface area contributed by atoms with E-state index in [4.69, 9.17) is 9.11 Å². The van der Waals surface area contributed by atoms with Crippen LogP contribution in [0.4, 0.5) is 8.78 Å². The fourth-order valence-corrected chi connectivity index (χ4v) is 1.01. The second-order valence-corrected chi connectivity index (χ2v) is 4.42. The third-order valence-corrected chi connectivity index (χ3v) is 1.67. The molecular weight excluding hydrogens is 273 g/mol. The topological polar surface area (TPSA) is 127 Å². The molecule has 0 atom stereocenters. The van der Waals surface area contributed by atoms with Crippen molar-refractivity contribution in [3.8, 4) is 0 Å². The van der Waals surface area contributed by atoms with Gasteiger partial charge in [0.15, 0.2) is 0 Å². The molecule has 0 fully saturated rings. The first kappa shape index (κ1) is 18.6. The molecular formula is C3H7F2LiO8S2. The summed E-state index contributed by atoms with van der Waals surface area (Å²) < 4.78 is 86.8. The van der Waals surface area contributed by atoms with E-state index in [2.05, 4.69) is 8.37 Å². The van der Waals surface area contributed by atoms with Gasteiger partial charge in [0.1, 0.15) is 13.2 Å². The Labute approximate surface area is 103 Å². The van der Waals surface area contributed by atoms with E-state index in [1.165, 1.54) is 0 Å². The Morgan fingerprint density at radius 2 is 1.25 bits per heavy atom. The quantitative estimate of drug-likeness (QED) is 0.377. The monoisotopic (exact) mass is 280 g/mol. The first-order chi connectivity index (χ1) is 6.41. The summed E-state index contributed by atoms with van der Waals surface area (Å²) in [6.07, 6.45) is 0. The molecule has 0 aromatic rings. The van der Waals surface area contributed by atoms with Crippen LogP contribution in [0.5, 0.6) is 0 Å². The maximum Gasteiger partial charge on any atom is 1.00 e. The largest absolute Gasteiger partial charge is 1.00 e. The van der Waals surface area contributed by atoms with Crippen molar-refractivity contribution in [3.63, 3.8) is 0 Å². The summed E-state index contributed by atoms with van der Waals surface area (Å²) in [5, 5.41) is 0. The average molecular weight is 280 g/mol. The molecule has 0 aliphatic heterocycles. The molecule has 0 amide bonds. The maximum atomic E-state index is 12.5. The van der Waals surface area contributed by atoms with E-state index in [1.807, 2.05) is 0 Å². The van der Waals surface area contributed by atoms with Crippen molar-refractivity contribution in [2.75, 3.05) is 13.2 Å². The van der Waals surface area contributed by atoms with Crippen LogP contribution in [0, 0.1) is 0 Å². The maximum absolute atomic E-state index is 12.5. The van der Waals surface area contributed by atoms with Gasteiger partial charge in [-0.15, -0.1) is 0 Å². The van der Waals surface area contributed by atoms with Crippen molar-refractivity contribution in [2.24, 2.45) is 0 Å². The molecule has 0 heterocycles. The Kier molecular flexibility index (Phi) is 7.21. The van der Waals surface area contributed by atoms with Crippen molar-refractivity contribution < 1.29 is 63.4 Å². The van der Waals surface area contributed by atoms with Crippen LogP contribution in [0.25, 0.3) is 0 Å². The third-order valence-electron chi connectivity index (χ3n) is 0.838. The summed E-state index contributed by atoms with van der Waals surface area (Å²) in [4.78, 5) is 0. The fourth-order valence-electron chi connectivity index (χ4n) is 0.363. The van der Waals surface area contributed by atoms with Gasteiger partial charge in [-0.3, -0.25) is 9.11 Å². The van der Waals surface area contributed by atoms with Gasteiger partial charge in [0.25, 0.3) is 5.92 Å². The van der Waals surface area contributed by atoms with Gasteiger partial charge in [-0.25, -0.2) is 17.1 Å². The standard InChI is InChI=1S/C3H6F2O8S2.Li.H/c4-3(5,1-12-14(6,7)8)2-13-15(9,10)11;;/h1-2H2,(H,6,7,8)(H,9,10,11);;/q;+1;-1. The molecule has 8 nitrogen and oxygen atoms in total. The van der Waals surface area contributed by atoms with Gasteiger partial charge in [0.05, 0.1) is 0 Å². The van der Waals surface area contributed by atoms with Gasteiger partial charge < -0.3 is 1.43 Å². The van der Waals surface area contributed by atoms with Crippen LogP contribution in [0.3, 0.4) is 0 Å². The van der Waals surface area contributed by atoms with E-state index in [1.54, 1.807) is 0 Å². The molecule has 0 aromatic carbocycles. The average Bonchev–Trinajstić information content (AvgIpc) is 1.96. The Morgan fingerprint density at radius 3 is 1.44 bits per heavy atom. The molecule has 0 aromatic heterocycles. The van der Waals surface area contributed by atoms with Gasteiger partial charge in [-0.05, 0) is 0 Å². The normalized spacial score (nSPS) is 13.2. The van der Waals surface area contributed by atoms with Gasteiger partial charge in [0, 0.05) is 0 Å². The smallest absolute Gasteiger partial charge is 1.00 e. The van der Waals surface area contributed by atoms with Crippen LogP contribution >= 0.6 is 0 Å².